The van der Waals surface area contributed by atoms with E-state index in [0.29, 0.717) is 22.5 Å². The molecule has 180 valence electrons. The summed E-state index contributed by atoms with van der Waals surface area (Å²) in [5.74, 6) is -2.75. The molecule has 0 bridgehead atoms. The van der Waals surface area contributed by atoms with Crippen molar-refractivity contribution in [2.24, 2.45) is 7.05 Å². The number of hydrogen-bond donors (Lipinski definition) is 1. The Labute approximate surface area is 205 Å². The Morgan fingerprint density at radius 2 is 1.44 bits per heavy atom. The second-order valence-electron chi connectivity index (χ2n) is 8.50. The molecule has 1 atom stereocenters. The van der Waals surface area contributed by atoms with Crippen LogP contribution in [0.3, 0.4) is 0 Å². The number of para-hydroxylation sites is 1. The molecule has 7 nitrogen and oxygen atoms in total. The Kier molecular flexibility index (Phi) is 5.64. The normalized spacial score (nSPS) is 17.1. The Bertz CT molecular complexity index is 1570. The highest BCUT2D eigenvalue weighted by molar-refractivity contribution is 6.51. The molecule has 0 saturated carbocycles. The highest BCUT2D eigenvalue weighted by Crippen LogP contribution is 2.42. The summed E-state index contributed by atoms with van der Waals surface area (Å²) < 4.78 is 16.8. The molecule has 0 unspecified atom stereocenters. The summed E-state index contributed by atoms with van der Waals surface area (Å²) in [6.45, 7) is 1.68. The second-order valence-corrected chi connectivity index (χ2v) is 8.50. The Morgan fingerprint density at radius 3 is 2.06 bits per heavy atom. The van der Waals surface area contributed by atoms with Crippen molar-refractivity contribution in [3.05, 3.63) is 123 Å². The molecule has 36 heavy (non-hydrogen) atoms. The Morgan fingerprint density at radius 1 is 0.861 bits per heavy atom. The number of rotatable bonds is 4. The zero-order valence-electron chi connectivity index (χ0n) is 19.6. The summed E-state index contributed by atoms with van der Waals surface area (Å²) >= 11 is 0. The van der Waals surface area contributed by atoms with Gasteiger partial charge in [-0.3, -0.25) is 24.0 Å². The molecular formula is C28H22FN3O4. The highest BCUT2D eigenvalue weighted by atomic mass is 19.1. The Hall–Kier alpha value is -4.72. The van der Waals surface area contributed by atoms with E-state index in [1.807, 2.05) is 6.07 Å². The maximum absolute atomic E-state index is 13.8. The van der Waals surface area contributed by atoms with E-state index in [9.17, 15) is 23.9 Å². The van der Waals surface area contributed by atoms with Crippen LogP contribution in [0.15, 0.2) is 95.3 Å². The van der Waals surface area contributed by atoms with Gasteiger partial charge in [0.25, 0.3) is 17.2 Å². The van der Waals surface area contributed by atoms with Crippen molar-refractivity contribution in [2.45, 2.75) is 13.0 Å². The summed E-state index contributed by atoms with van der Waals surface area (Å²) in [5, 5.41) is 11.2. The molecule has 8 heteroatoms. The van der Waals surface area contributed by atoms with Gasteiger partial charge < -0.3 is 5.11 Å². The number of nitrogens with zero attached hydrogens (tertiary/aromatic N) is 3. The number of aromatic nitrogens is 2. The fraction of sp³-hybridized carbons (Fsp3) is 0.107. The maximum Gasteiger partial charge on any atom is 0.300 e. The number of benzene rings is 3. The van der Waals surface area contributed by atoms with E-state index in [2.05, 4.69) is 0 Å². The van der Waals surface area contributed by atoms with E-state index in [4.69, 9.17) is 0 Å². The summed E-state index contributed by atoms with van der Waals surface area (Å²) in [6.07, 6.45) is 0. The summed E-state index contributed by atoms with van der Waals surface area (Å²) in [6, 6.07) is 21.4. The molecule has 1 fully saturated rings. The number of hydrogen-bond acceptors (Lipinski definition) is 4. The van der Waals surface area contributed by atoms with Gasteiger partial charge in [-0.25, -0.2) is 9.07 Å². The van der Waals surface area contributed by atoms with Gasteiger partial charge in [0.2, 0.25) is 0 Å². The van der Waals surface area contributed by atoms with Crippen LogP contribution in [0.1, 0.15) is 22.9 Å². The lowest BCUT2D eigenvalue weighted by molar-refractivity contribution is -0.132. The number of aliphatic hydroxyl groups excluding tert-OH is 1. The zero-order chi connectivity index (χ0) is 25.6. The molecule has 1 aliphatic rings. The minimum Gasteiger partial charge on any atom is -0.507 e. The van der Waals surface area contributed by atoms with Crippen LogP contribution >= 0.6 is 0 Å². The van der Waals surface area contributed by atoms with Crippen LogP contribution in [-0.4, -0.2) is 26.2 Å². The summed E-state index contributed by atoms with van der Waals surface area (Å²) in [7, 11) is 1.68. The van der Waals surface area contributed by atoms with E-state index in [1.54, 1.807) is 73.3 Å². The SMILES string of the molecule is Cc1c(N2C(=O)C(=O)/C(=C(/O)c3ccccc3)[C@H]2c2ccc(F)cc2)c(=O)n(-c2ccccc2)n1C. The maximum atomic E-state index is 13.8. The van der Waals surface area contributed by atoms with Gasteiger partial charge in [0.1, 0.15) is 17.3 Å². The average Bonchev–Trinajstić information content (AvgIpc) is 3.28. The van der Waals surface area contributed by atoms with E-state index in [-0.39, 0.29) is 17.0 Å². The van der Waals surface area contributed by atoms with Crippen LogP contribution < -0.4 is 10.5 Å². The lowest BCUT2D eigenvalue weighted by Crippen LogP contribution is -2.34. The minimum absolute atomic E-state index is 0.00453. The minimum atomic E-state index is -1.14. The number of carbonyl (C=O) groups excluding carboxylic acids is 2. The largest absolute Gasteiger partial charge is 0.507 e. The summed E-state index contributed by atoms with van der Waals surface area (Å²) in [4.78, 5) is 41.6. The van der Waals surface area contributed by atoms with E-state index in [1.165, 1.54) is 28.9 Å². The van der Waals surface area contributed by atoms with Gasteiger partial charge in [0.15, 0.2) is 0 Å². The zero-order valence-corrected chi connectivity index (χ0v) is 19.6. The van der Waals surface area contributed by atoms with Crippen LogP contribution in [0, 0.1) is 12.7 Å². The first-order chi connectivity index (χ1) is 17.3. The molecular weight excluding hydrogens is 461 g/mol. The van der Waals surface area contributed by atoms with Gasteiger partial charge in [-0.2, -0.15) is 0 Å². The molecule has 0 radical (unpaired) electrons. The van der Waals surface area contributed by atoms with Gasteiger partial charge in [0, 0.05) is 12.6 Å². The molecule has 2 heterocycles. The third kappa shape index (κ3) is 3.54. The van der Waals surface area contributed by atoms with Crippen LogP contribution in [0.4, 0.5) is 10.1 Å². The standard InChI is InChI=1S/C28H22FN3O4/c1-17-23(27(35)32(30(17)2)21-11-7-4-8-12-21)31-24(18-13-15-20(29)16-14-18)22(26(34)28(31)36)25(33)19-9-5-3-6-10-19/h3-16,24,33H,1-2H3/b25-22+/t24-/m1/s1. The van der Waals surface area contributed by atoms with Gasteiger partial charge in [-0.15, -0.1) is 0 Å². The number of ketones is 1. The van der Waals surface area contributed by atoms with Crippen LogP contribution in [0.25, 0.3) is 11.4 Å². The first-order valence-corrected chi connectivity index (χ1v) is 11.3. The topological polar surface area (TPSA) is 84.5 Å². The molecule has 0 aliphatic carbocycles. The van der Waals surface area contributed by atoms with Crippen LogP contribution in [-0.2, 0) is 16.6 Å². The predicted octanol–water partition coefficient (Wildman–Crippen LogP) is 4.25. The smallest absolute Gasteiger partial charge is 0.300 e. The van der Waals surface area contributed by atoms with Gasteiger partial charge in [-0.1, -0.05) is 60.7 Å². The Balaban J connectivity index is 1.78. The van der Waals surface area contributed by atoms with Crippen molar-refractivity contribution < 1.29 is 19.1 Å². The fourth-order valence-corrected chi connectivity index (χ4v) is 4.61. The quantitative estimate of drug-likeness (QED) is 0.267. The molecule has 1 aliphatic heterocycles. The highest BCUT2D eigenvalue weighted by Gasteiger charge is 2.49. The lowest BCUT2D eigenvalue weighted by Gasteiger charge is -2.24. The number of anilines is 1. The average molecular weight is 483 g/mol. The number of halogens is 1. The number of Topliss-reactive ketones (excluding diaryl/α,β-unsaturated/α-hetero) is 1. The van der Waals surface area contributed by atoms with Gasteiger partial charge in [-0.05, 0) is 36.8 Å². The van der Waals surface area contributed by atoms with Crippen LogP contribution in [0.2, 0.25) is 0 Å². The molecule has 5 rings (SSSR count). The third-order valence-electron chi connectivity index (χ3n) is 6.44. The van der Waals surface area contributed by atoms with E-state index < -0.39 is 29.1 Å². The first-order valence-electron chi connectivity index (χ1n) is 11.3. The van der Waals surface area contributed by atoms with Crippen molar-refractivity contribution in [3.63, 3.8) is 0 Å². The number of amides is 1. The van der Waals surface area contributed by atoms with Gasteiger partial charge >= 0.3 is 0 Å². The molecule has 0 spiro atoms. The van der Waals surface area contributed by atoms with Crippen molar-refractivity contribution in [1.29, 1.82) is 0 Å². The predicted molar refractivity (Wildman–Crippen MR) is 133 cm³/mol. The van der Waals surface area contributed by atoms with Crippen LogP contribution in [0.5, 0.6) is 0 Å². The summed E-state index contributed by atoms with van der Waals surface area (Å²) in [5.41, 5.74) is 1.07. The first kappa shape index (κ1) is 23.0. The number of carbonyl (C=O) groups is 2. The van der Waals surface area contributed by atoms with Gasteiger partial charge in [0.05, 0.1) is 23.0 Å². The van der Waals surface area contributed by atoms with Crippen molar-refractivity contribution in [1.82, 2.24) is 9.36 Å². The van der Waals surface area contributed by atoms with Crippen molar-refractivity contribution >= 4 is 23.1 Å². The molecule has 1 amide bonds. The third-order valence-corrected chi connectivity index (χ3v) is 6.44. The molecule has 1 aromatic heterocycles. The van der Waals surface area contributed by atoms with Crippen molar-refractivity contribution in [2.75, 3.05) is 4.90 Å². The fourth-order valence-electron chi connectivity index (χ4n) is 4.61. The molecule has 1 N–H and O–H groups in total. The lowest BCUT2D eigenvalue weighted by atomic mass is 9.95. The molecule has 4 aromatic rings. The molecule has 3 aromatic carbocycles. The second kappa shape index (κ2) is 8.81. The van der Waals surface area contributed by atoms with Crippen molar-refractivity contribution in [3.8, 4) is 5.69 Å². The van der Waals surface area contributed by atoms with E-state index in [0.717, 1.165) is 4.90 Å². The van der Waals surface area contributed by atoms with E-state index >= 15 is 0 Å². The number of aliphatic hydroxyl groups is 1. The molecule has 1 saturated heterocycles. The monoisotopic (exact) mass is 483 g/mol.